The van der Waals surface area contributed by atoms with Gasteiger partial charge in [-0.2, -0.15) is 0 Å². The van der Waals surface area contributed by atoms with Crippen molar-refractivity contribution in [2.24, 2.45) is 17.8 Å². The van der Waals surface area contributed by atoms with Crippen LogP contribution in [0.5, 0.6) is 0 Å². The Hall–Kier alpha value is -1.84. The summed E-state index contributed by atoms with van der Waals surface area (Å²) in [6.45, 7) is 1.97. The lowest BCUT2D eigenvalue weighted by Gasteiger charge is -2.29. The Morgan fingerprint density at radius 1 is 1.19 bits per heavy atom. The number of carboxylic acids is 1. The summed E-state index contributed by atoms with van der Waals surface area (Å²) in [6, 6.07) is 8.82. The van der Waals surface area contributed by atoms with Crippen LogP contribution < -0.4 is 0 Å². The molecule has 4 heteroatoms. The second-order valence-electron chi connectivity index (χ2n) is 6.39. The van der Waals surface area contributed by atoms with Crippen LogP contribution in [-0.2, 0) is 16.1 Å². The predicted molar refractivity (Wildman–Crippen MR) is 78.4 cm³/mol. The highest BCUT2D eigenvalue weighted by Gasteiger charge is 2.49. The van der Waals surface area contributed by atoms with Crippen LogP contribution in [0.2, 0.25) is 0 Å². The molecule has 0 radical (unpaired) electrons. The summed E-state index contributed by atoms with van der Waals surface area (Å²) in [7, 11) is 0. The first-order valence-corrected chi connectivity index (χ1v) is 7.63. The Balaban J connectivity index is 1.75. The molecule has 0 aromatic heterocycles. The van der Waals surface area contributed by atoms with Gasteiger partial charge < -0.3 is 10.0 Å². The lowest BCUT2D eigenvalue weighted by Crippen LogP contribution is -2.45. The number of hydrogen-bond acceptors (Lipinski definition) is 2. The predicted octanol–water partition coefficient (Wildman–Crippen LogP) is 2.53. The number of carbonyl (C=O) groups is 2. The first-order chi connectivity index (χ1) is 10.1. The van der Waals surface area contributed by atoms with Crippen molar-refractivity contribution >= 4 is 11.9 Å². The third-order valence-corrected chi connectivity index (χ3v) is 4.90. The van der Waals surface area contributed by atoms with Crippen molar-refractivity contribution in [3.8, 4) is 0 Å². The van der Waals surface area contributed by atoms with Gasteiger partial charge in [0.1, 0.15) is 6.04 Å². The maximum absolute atomic E-state index is 12.7. The Bertz CT molecular complexity index is 532. The highest BCUT2D eigenvalue weighted by Crippen LogP contribution is 2.54. The Labute approximate surface area is 124 Å². The fraction of sp³-hybridized carbons (Fsp3) is 0.529. The van der Waals surface area contributed by atoms with Crippen molar-refractivity contribution in [3.05, 3.63) is 35.9 Å². The van der Waals surface area contributed by atoms with E-state index >= 15 is 0 Å². The zero-order valence-electron chi connectivity index (χ0n) is 12.2. The van der Waals surface area contributed by atoms with E-state index in [0.29, 0.717) is 6.54 Å². The SMILES string of the molecule is CC(C(=O)O)N(Cc1ccccc1)C(=O)C1C[C@@H]2C[C@@H]2C1. The van der Waals surface area contributed by atoms with Crippen LogP contribution in [-0.4, -0.2) is 27.9 Å². The molecule has 1 aromatic carbocycles. The van der Waals surface area contributed by atoms with E-state index in [1.807, 2.05) is 30.3 Å². The second-order valence-corrected chi connectivity index (χ2v) is 6.39. The molecule has 0 heterocycles. The van der Waals surface area contributed by atoms with Crippen LogP contribution in [0.15, 0.2) is 30.3 Å². The van der Waals surface area contributed by atoms with Crippen molar-refractivity contribution in [2.45, 2.75) is 38.8 Å². The van der Waals surface area contributed by atoms with Gasteiger partial charge >= 0.3 is 5.97 Å². The Kier molecular flexibility index (Phi) is 3.70. The number of aliphatic carboxylic acids is 1. The molecule has 4 nitrogen and oxygen atoms in total. The van der Waals surface area contributed by atoms with Gasteiger partial charge in [-0.25, -0.2) is 4.79 Å². The molecule has 1 N–H and O–H groups in total. The molecular formula is C17H21NO3. The van der Waals surface area contributed by atoms with Gasteiger partial charge in [-0.05, 0) is 43.6 Å². The summed E-state index contributed by atoms with van der Waals surface area (Å²) >= 11 is 0. The largest absolute Gasteiger partial charge is 0.480 e. The minimum Gasteiger partial charge on any atom is -0.480 e. The van der Waals surface area contributed by atoms with Crippen molar-refractivity contribution in [1.82, 2.24) is 4.90 Å². The maximum Gasteiger partial charge on any atom is 0.326 e. The normalized spacial score (nSPS) is 27.8. The smallest absolute Gasteiger partial charge is 0.326 e. The number of fused-ring (bicyclic) bond motifs is 1. The van der Waals surface area contributed by atoms with Gasteiger partial charge in [-0.1, -0.05) is 30.3 Å². The highest BCUT2D eigenvalue weighted by molar-refractivity contribution is 5.85. The van der Waals surface area contributed by atoms with E-state index in [0.717, 1.165) is 30.2 Å². The third kappa shape index (κ3) is 2.94. The van der Waals surface area contributed by atoms with E-state index in [4.69, 9.17) is 0 Å². The number of carbonyl (C=O) groups excluding carboxylic acids is 1. The standard InChI is InChI=1S/C17H21NO3/c1-11(17(20)21)18(10-12-5-3-2-4-6-12)16(19)15-8-13-7-14(13)9-15/h2-6,11,13-15H,7-10H2,1H3,(H,20,21)/t11?,13-,14+,15?. The average molecular weight is 287 g/mol. The lowest BCUT2D eigenvalue weighted by atomic mass is 10.0. The summed E-state index contributed by atoms with van der Waals surface area (Å²) in [6.07, 6.45) is 3.15. The Morgan fingerprint density at radius 3 is 2.38 bits per heavy atom. The summed E-state index contributed by atoms with van der Waals surface area (Å²) in [5.41, 5.74) is 0.974. The molecule has 0 aliphatic heterocycles. The van der Waals surface area contributed by atoms with E-state index in [9.17, 15) is 14.7 Å². The van der Waals surface area contributed by atoms with Crippen molar-refractivity contribution < 1.29 is 14.7 Å². The lowest BCUT2D eigenvalue weighted by molar-refractivity contribution is -0.152. The monoisotopic (exact) mass is 287 g/mol. The third-order valence-electron chi connectivity index (χ3n) is 4.90. The molecule has 0 spiro atoms. The Morgan fingerprint density at radius 2 is 1.81 bits per heavy atom. The van der Waals surface area contributed by atoms with Gasteiger partial charge in [-0.3, -0.25) is 4.79 Å². The van der Waals surface area contributed by atoms with E-state index in [1.54, 1.807) is 6.92 Å². The van der Waals surface area contributed by atoms with Gasteiger partial charge in [0.25, 0.3) is 0 Å². The van der Waals surface area contributed by atoms with Crippen LogP contribution in [0.3, 0.4) is 0 Å². The van der Waals surface area contributed by atoms with Crippen molar-refractivity contribution in [3.63, 3.8) is 0 Å². The molecule has 1 aromatic rings. The number of benzene rings is 1. The van der Waals surface area contributed by atoms with E-state index in [-0.39, 0.29) is 11.8 Å². The fourth-order valence-corrected chi connectivity index (χ4v) is 3.47. The van der Waals surface area contributed by atoms with Crippen LogP contribution in [0, 0.1) is 17.8 Å². The quantitative estimate of drug-likeness (QED) is 0.905. The van der Waals surface area contributed by atoms with E-state index < -0.39 is 12.0 Å². The molecule has 21 heavy (non-hydrogen) atoms. The summed E-state index contributed by atoms with van der Waals surface area (Å²) in [4.78, 5) is 25.6. The molecule has 2 saturated carbocycles. The van der Waals surface area contributed by atoms with Gasteiger partial charge in [0.15, 0.2) is 0 Å². The second kappa shape index (κ2) is 5.51. The molecule has 2 aliphatic carbocycles. The number of amides is 1. The molecule has 0 saturated heterocycles. The fourth-order valence-electron chi connectivity index (χ4n) is 3.47. The number of rotatable bonds is 5. The highest BCUT2D eigenvalue weighted by atomic mass is 16.4. The summed E-state index contributed by atoms with van der Waals surface area (Å²) in [5, 5.41) is 9.29. The number of hydrogen-bond donors (Lipinski definition) is 1. The van der Waals surface area contributed by atoms with E-state index in [1.165, 1.54) is 11.3 Å². The summed E-state index contributed by atoms with van der Waals surface area (Å²) < 4.78 is 0. The molecule has 2 fully saturated rings. The average Bonchev–Trinajstić information content (AvgIpc) is 3.10. The topological polar surface area (TPSA) is 57.6 Å². The molecule has 3 rings (SSSR count). The first kappa shape index (κ1) is 14.1. The molecule has 112 valence electrons. The van der Waals surface area contributed by atoms with E-state index in [2.05, 4.69) is 0 Å². The first-order valence-electron chi connectivity index (χ1n) is 7.63. The molecule has 2 aliphatic rings. The van der Waals surface area contributed by atoms with Crippen LogP contribution in [0.25, 0.3) is 0 Å². The maximum atomic E-state index is 12.7. The minimum absolute atomic E-state index is 0.0148. The molecule has 2 unspecified atom stereocenters. The van der Waals surface area contributed by atoms with Crippen LogP contribution in [0.1, 0.15) is 31.7 Å². The summed E-state index contributed by atoms with van der Waals surface area (Å²) in [5.74, 6) is 0.540. The zero-order valence-corrected chi connectivity index (χ0v) is 12.2. The van der Waals surface area contributed by atoms with Gasteiger partial charge in [0, 0.05) is 12.5 Å². The number of nitrogens with zero attached hydrogens (tertiary/aromatic N) is 1. The van der Waals surface area contributed by atoms with Crippen LogP contribution >= 0.6 is 0 Å². The molecule has 1 amide bonds. The van der Waals surface area contributed by atoms with Crippen molar-refractivity contribution in [2.75, 3.05) is 0 Å². The molecular weight excluding hydrogens is 266 g/mol. The van der Waals surface area contributed by atoms with Crippen LogP contribution in [0.4, 0.5) is 0 Å². The molecule has 4 atom stereocenters. The number of carboxylic acid groups (broad SMARTS) is 1. The van der Waals surface area contributed by atoms with Gasteiger partial charge in [-0.15, -0.1) is 0 Å². The zero-order chi connectivity index (χ0) is 15.0. The van der Waals surface area contributed by atoms with Crippen molar-refractivity contribution in [1.29, 1.82) is 0 Å². The van der Waals surface area contributed by atoms with Gasteiger partial charge in [0.2, 0.25) is 5.91 Å². The minimum atomic E-state index is -0.942. The van der Waals surface area contributed by atoms with Gasteiger partial charge in [0.05, 0.1) is 0 Å². The molecule has 0 bridgehead atoms.